The molecule has 1 aromatic carbocycles. The third-order valence-corrected chi connectivity index (χ3v) is 3.53. The molecule has 106 valence electrons. The van der Waals surface area contributed by atoms with E-state index >= 15 is 0 Å². The van der Waals surface area contributed by atoms with Crippen LogP contribution in [-0.2, 0) is 6.42 Å². The van der Waals surface area contributed by atoms with Gasteiger partial charge in [-0.05, 0) is 36.2 Å². The van der Waals surface area contributed by atoms with Crippen molar-refractivity contribution in [2.75, 3.05) is 5.73 Å². The molecule has 0 radical (unpaired) electrons. The minimum atomic E-state index is 0.422. The summed E-state index contributed by atoms with van der Waals surface area (Å²) in [7, 11) is 0. The van der Waals surface area contributed by atoms with Crippen molar-refractivity contribution in [1.29, 1.82) is 0 Å². The Kier molecular flexibility index (Phi) is 3.70. The minimum absolute atomic E-state index is 0.422. The molecule has 6 heteroatoms. The highest BCUT2D eigenvalue weighted by atomic mass is 79.9. The van der Waals surface area contributed by atoms with Crippen LogP contribution in [0.25, 0.3) is 23.0 Å². The van der Waals surface area contributed by atoms with E-state index in [0.29, 0.717) is 17.4 Å². The fourth-order valence-electron chi connectivity index (χ4n) is 2.10. The first-order valence-electron chi connectivity index (χ1n) is 6.52. The maximum absolute atomic E-state index is 5.83. The predicted octanol–water partition coefficient (Wildman–Crippen LogP) is 3.71. The molecule has 0 spiro atoms. The average Bonchev–Trinajstić information content (AvgIpc) is 2.96. The van der Waals surface area contributed by atoms with Crippen molar-refractivity contribution in [1.82, 2.24) is 15.1 Å². The van der Waals surface area contributed by atoms with Crippen LogP contribution in [0.4, 0.5) is 5.69 Å². The Balaban J connectivity index is 2.04. The van der Waals surface area contributed by atoms with Crippen LogP contribution in [0.1, 0.15) is 12.5 Å². The van der Waals surface area contributed by atoms with Crippen LogP contribution >= 0.6 is 15.9 Å². The lowest BCUT2D eigenvalue weighted by Crippen LogP contribution is -1.92. The minimum Gasteiger partial charge on any atom is -0.399 e. The quantitative estimate of drug-likeness (QED) is 0.732. The first kappa shape index (κ1) is 13.8. The van der Waals surface area contributed by atoms with Gasteiger partial charge in [-0.3, -0.25) is 4.98 Å². The van der Waals surface area contributed by atoms with Gasteiger partial charge in [0.1, 0.15) is 5.69 Å². The number of rotatable bonds is 3. The summed E-state index contributed by atoms with van der Waals surface area (Å²) in [4.78, 5) is 8.77. The summed E-state index contributed by atoms with van der Waals surface area (Å²) in [5.74, 6) is 0.909. The number of hydrogen-bond acceptors (Lipinski definition) is 5. The molecule has 0 aliphatic carbocycles. The average molecular weight is 345 g/mol. The Bertz CT molecular complexity index is 765. The second-order valence-electron chi connectivity index (χ2n) is 4.56. The van der Waals surface area contributed by atoms with Crippen molar-refractivity contribution < 1.29 is 4.52 Å². The molecule has 0 aliphatic heterocycles. The maximum Gasteiger partial charge on any atom is 0.258 e. The van der Waals surface area contributed by atoms with Crippen LogP contribution in [0.2, 0.25) is 0 Å². The number of anilines is 1. The Hall–Kier alpha value is -2.21. The molecule has 21 heavy (non-hydrogen) atoms. The molecule has 0 atom stereocenters. The van der Waals surface area contributed by atoms with E-state index in [0.717, 1.165) is 27.7 Å². The highest BCUT2D eigenvalue weighted by Gasteiger charge is 2.14. The van der Waals surface area contributed by atoms with Crippen molar-refractivity contribution in [3.63, 3.8) is 0 Å². The van der Waals surface area contributed by atoms with Crippen LogP contribution in [0, 0.1) is 0 Å². The van der Waals surface area contributed by atoms with Gasteiger partial charge in [-0.25, -0.2) is 0 Å². The van der Waals surface area contributed by atoms with Crippen molar-refractivity contribution in [3.8, 4) is 23.0 Å². The van der Waals surface area contributed by atoms with Gasteiger partial charge in [-0.2, -0.15) is 4.98 Å². The number of nitrogens with zero attached hydrogens (tertiary/aromatic N) is 3. The van der Waals surface area contributed by atoms with Gasteiger partial charge in [0.25, 0.3) is 5.89 Å². The van der Waals surface area contributed by atoms with E-state index in [1.165, 1.54) is 0 Å². The predicted molar refractivity (Wildman–Crippen MR) is 84.5 cm³/mol. The molecule has 2 aromatic heterocycles. The summed E-state index contributed by atoms with van der Waals surface area (Å²) in [5.41, 5.74) is 9.06. The zero-order chi connectivity index (χ0) is 14.8. The van der Waals surface area contributed by atoms with E-state index in [1.54, 1.807) is 12.3 Å². The molecule has 0 saturated carbocycles. The van der Waals surface area contributed by atoms with Gasteiger partial charge in [0.05, 0.1) is 0 Å². The van der Waals surface area contributed by atoms with Gasteiger partial charge in [0, 0.05) is 21.9 Å². The summed E-state index contributed by atoms with van der Waals surface area (Å²) >= 11 is 3.40. The van der Waals surface area contributed by atoms with Crippen molar-refractivity contribution in [3.05, 3.63) is 46.6 Å². The molecule has 0 fully saturated rings. The summed E-state index contributed by atoms with van der Waals surface area (Å²) in [6.45, 7) is 2.07. The van der Waals surface area contributed by atoms with Crippen molar-refractivity contribution >= 4 is 21.6 Å². The van der Waals surface area contributed by atoms with E-state index in [4.69, 9.17) is 10.3 Å². The molecule has 0 amide bonds. The molecule has 2 heterocycles. The summed E-state index contributed by atoms with van der Waals surface area (Å²) in [6.07, 6.45) is 2.58. The molecule has 0 aliphatic rings. The molecular weight excluding hydrogens is 332 g/mol. The van der Waals surface area contributed by atoms with Crippen molar-refractivity contribution in [2.24, 2.45) is 0 Å². The number of aromatic nitrogens is 3. The zero-order valence-electron chi connectivity index (χ0n) is 11.4. The summed E-state index contributed by atoms with van der Waals surface area (Å²) < 4.78 is 6.20. The molecular formula is C15H13BrN4O. The number of hydrogen-bond donors (Lipinski definition) is 1. The van der Waals surface area contributed by atoms with Gasteiger partial charge >= 0.3 is 0 Å². The molecule has 2 N–H and O–H groups in total. The maximum atomic E-state index is 5.83. The molecule has 3 aromatic rings. The van der Waals surface area contributed by atoms with Crippen LogP contribution in [0.3, 0.4) is 0 Å². The van der Waals surface area contributed by atoms with Gasteiger partial charge in [0.15, 0.2) is 0 Å². The van der Waals surface area contributed by atoms with Crippen LogP contribution in [0.15, 0.2) is 45.5 Å². The van der Waals surface area contributed by atoms with E-state index in [1.807, 2.05) is 24.3 Å². The number of benzene rings is 1. The van der Waals surface area contributed by atoms with Crippen LogP contribution in [0.5, 0.6) is 0 Å². The molecule has 3 rings (SSSR count). The number of pyridine rings is 1. The fourth-order valence-corrected chi connectivity index (χ4v) is 2.61. The lowest BCUT2D eigenvalue weighted by atomic mass is 10.1. The Morgan fingerprint density at radius 1 is 1.29 bits per heavy atom. The second kappa shape index (κ2) is 5.65. The van der Waals surface area contributed by atoms with E-state index < -0.39 is 0 Å². The lowest BCUT2D eigenvalue weighted by Gasteiger charge is -2.00. The zero-order valence-corrected chi connectivity index (χ0v) is 13.0. The van der Waals surface area contributed by atoms with Gasteiger partial charge in [-0.1, -0.05) is 34.1 Å². The normalized spacial score (nSPS) is 10.8. The summed E-state index contributed by atoms with van der Waals surface area (Å²) in [6, 6.07) is 9.40. The standard InChI is InChI=1S/C15H13BrN4O/c1-2-9-4-3-5-18-13(9)14-19-15(21-20-14)10-6-11(16)8-12(17)7-10/h3-8H,2,17H2,1H3. The Morgan fingerprint density at radius 2 is 2.14 bits per heavy atom. The summed E-state index contributed by atoms with van der Waals surface area (Å²) in [5, 5.41) is 4.03. The smallest absolute Gasteiger partial charge is 0.258 e. The van der Waals surface area contributed by atoms with Gasteiger partial charge in [0.2, 0.25) is 5.82 Å². The molecule has 5 nitrogen and oxygen atoms in total. The van der Waals surface area contributed by atoms with E-state index in [2.05, 4.69) is 38.0 Å². The van der Waals surface area contributed by atoms with Gasteiger partial charge in [-0.15, -0.1) is 0 Å². The third kappa shape index (κ3) is 2.80. The first-order valence-corrected chi connectivity index (χ1v) is 7.31. The van der Waals surface area contributed by atoms with E-state index in [9.17, 15) is 0 Å². The fraction of sp³-hybridized carbons (Fsp3) is 0.133. The Labute approximate surface area is 130 Å². The third-order valence-electron chi connectivity index (χ3n) is 3.08. The number of nitrogens with two attached hydrogens (primary N) is 1. The SMILES string of the molecule is CCc1cccnc1-c1noc(-c2cc(N)cc(Br)c2)n1. The monoisotopic (exact) mass is 344 g/mol. The Morgan fingerprint density at radius 3 is 2.90 bits per heavy atom. The lowest BCUT2D eigenvalue weighted by molar-refractivity contribution is 0.432. The first-order chi connectivity index (χ1) is 10.2. The van der Waals surface area contributed by atoms with Gasteiger partial charge < -0.3 is 10.3 Å². The topological polar surface area (TPSA) is 77.8 Å². The molecule has 0 unspecified atom stereocenters. The van der Waals surface area contributed by atoms with Crippen LogP contribution < -0.4 is 5.73 Å². The number of aryl methyl sites for hydroxylation is 1. The number of nitrogen functional groups attached to an aromatic ring is 1. The largest absolute Gasteiger partial charge is 0.399 e. The molecule has 0 saturated heterocycles. The number of halogens is 1. The van der Waals surface area contributed by atoms with Crippen LogP contribution in [-0.4, -0.2) is 15.1 Å². The second-order valence-corrected chi connectivity index (χ2v) is 5.48. The highest BCUT2D eigenvalue weighted by molar-refractivity contribution is 9.10. The van der Waals surface area contributed by atoms with E-state index in [-0.39, 0.29) is 0 Å². The highest BCUT2D eigenvalue weighted by Crippen LogP contribution is 2.27. The molecule has 0 bridgehead atoms. The van der Waals surface area contributed by atoms with Crippen molar-refractivity contribution in [2.45, 2.75) is 13.3 Å².